The van der Waals surface area contributed by atoms with Crippen molar-refractivity contribution in [2.24, 2.45) is 0 Å². The molecule has 0 heterocycles. The summed E-state index contributed by atoms with van der Waals surface area (Å²) in [7, 11) is -4.52. The normalized spacial score (nSPS) is 14.5. The van der Waals surface area contributed by atoms with Gasteiger partial charge in [0.15, 0.2) is 0 Å². The smallest absolute Gasteiger partial charge is 0.457 e. The van der Waals surface area contributed by atoms with Crippen molar-refractivity contribution in [3.8, 4) is 0 Å². The van der Waals surface area contributed by atoms with Crippen LogP contribution in [0.1, 0.15) is 187 Å². The van der Waals surface area contributed by atoms with Gasteiger partial charge in [-0.2, -0.15) is 0 Å². The minimum atomic E-state index is -4.52. The monoisotopic (exact) mass is 799 g/mol. The molecule has 0 rings (SSSR count). The van der Waals surface area contributed by atoms with Crippen LogP contribution in [-0.4, -0.2) is 66.3 Å². The van der Waals surface area contributed by atoms with Crippen molar-refractivity contribution in [3.05, 3.63) is 48.6 Å². The van der Waals surface area contributed by atoms with E-state index in [2.05, 4.69) is 62.5 Å². The van der Waals surface area contributed by atoms with Crippen LogP contribution in [0.3, 0.4) is 0 Å². The molecule has 9 nitrogen and oxygen atoms in total. The van der Waals surface area contributed by atoms with Gasteiger partial charge >= 0.3 is 13.8 Å². The van der Waals surface area contributed by atoms with Gasteiger partial charge < -0.3 is 24.6 Å². The predicted octanol–water partition coefficient (Wildman–Crippen LogP) is 12.2. The van der Waals surface area contributed by atoms with Crippen LogP contribution in [0.5, 0.6) is 0 Å². The predicted molar refractivity (Wildman–Crippen MR) is 228 cm³/mol. The van der Waals surface area contributed by atoms with Gasteiger partial charge in [-0.25, -0.2) is 4.57 Å². The Morgan fingerprint density at radius 2 is 0.982 bits per heavy atom. The average Bonchev–Trinajstić information content (AvgIpc) is 3.18. The SMILES string of the molecule is CCCCC/C=C\C/C=C\CCCCCCCC(=O)OC(COCCCCCCCCCC/C=C\C/C=C\CCCCCC)COP(=O)(O)OCC(O)CO. The van der Waals surface area contributed by atoms with Gasteiger partial charge in [0, 0.05) is 13.0 Å². The van der Waals surface area contributed by atoms with Crippen molar-refractivity contribution in [2.45, 2.75) is 199 Å². The first-order chi connectivity index (χ1) is 26.8. The minimum Gasteiger partial charge on any atom is -0.457 e. The molecule has 322 valence electrons. The molecule has 55 heavy (non-hydrogen) atoms. The first-order valence-electron chi connectivity index (χ1n) is 22.1. The molecule has 0 aliphatic carbocycles. The molecule has 0 saturated heterocycles. The number of ether oxygens (including phenoxy) is 2. The summed E-state index contributed by atoms with van der Waals surface area (Å²) < 4.78 is 33.4. The van der Waals surface area contributed by atoms with E-state index in [0.717, 1.165) is 70.6 Å². The van der Waals surface area contributed by atoms with Gasteiger partial charge in [-0.05, 0) is 77.0 Å². The number of hydrogen-bond acceptors (Lipinski definition) is 8. The van der Waals surface area contributed by atoms with E-state index in [9.17, 15) is 19.4 Å². The Kier molecular flexibility index (Phi) is 40.8. The van der Waals surface area contributed by atoms with Gasteiger partial charge in [0.05, 0.1) is 26.4 Å². The molecule has 0 aromatic heterocycles. The Bertz CT molecular complexity index is 997. The number of aliphatic hydroxyl groups is 2. The third-order valence-corrected chi connectivity index (χ3v) is 10.2. The van der Waals surface area contributed by atoms with Gasteiger partial charge in [-0.3, -0.25) is 13.8 Å². The number of aliphatic hydroxyl groups excluding tert-OH is 2. The van der Waals surface area contributed by atoms with E-state index in [1.54, 1.807) is 0 Å². The molecule has 0 spiro atoms. The highest BCUT2D eigenvalue weighted by atomic mass is 31.2. The summed E-state index contributed by atoms with van der Waals surface area (Å²) in [6, 6.07) is 0. The van der Waals surface area contributed by atoms with E-state index < -0.39 is 39.2 Å². The summed E-state index contributed by atoms with van der Waals surface area (Å²) in [6.45, 7) is 3.44. The first-order valence-corrected chi connectivity index (χ1v) is 23.6. The lowest BCUT2D eigenvalue weighted by Gasteiger charge is -2.20. The molecule has 10 heteroatoms. The maximum Gasteiger partial charge on any atom is 0.472 e. The molecule has 3 N–H and O–H groups in total. The summed E-state index contributed by atoms with van der Waals surface area (Å²) in [6.07, 6.45) is 46.3. The van der Waals surface area contributed by atoms with Crippen LogP contribution in [0.4, 0.5) is 0 Å². The number of rotatable bonds is 42. The summed E-state index contributed by atoms with van der Waals surface area (Å²) in [5.41, 5.74) is 0. The highest BCUT2D eigenvalue weighted by Crippen LogP contribution is 2.43. The number of phosphoric ester groups is 1. The highest BCUT2D eigenvalue weighted by molar-refractivity contribution is 7.47. The molecule has 0 aliphatic heterocycles. The Labute approximate surface area is 337 Å². The fraction of sp³-hybridized carbons (Fsp3) is 0.800. The first kappa shape index (κ1) is 53.4. The van der Waals surface area contributed by atoms with Crippen LogP contribution in [0.2, 0.25) is 0 Å². The fourth-order valence-electron chi connectivity index (χ4n) is 5.83. The van der Waals surface area contributed by atoms with Gasteiger partial charge in [0.1, 0.15) is 12.2 Å². The van der Waals surface area contributed by atoms with Crippen LogP contribution < -0.4 is 0 Å². The molecule has 0 aromatic carbocycles. The third-order valence-electron chi connectivity index (χ3n) is 9.24. The molecule has 0 aliphatic rings. The molecule has 0 amide bonds. The second kappa shape index (κ2) is 42.0. The Hall–Kier alpha value is -1.58. The zero-order chi connectivity index (χ0) is 40.3. The van der Waals surface area contributed by atoms with Crippen molar-refractivity contribution in [1.29, 1.82) is 0 Å². The van der Waals surface area contributed by atoms with Gasteiger partial charge in [0.25, 0.3) is 0 Å². The third kappa shape index (κ3) is 41.9. The molecule has 0 saturated carbocycles. The molecular formula is C45H83O9P. The lowest BCUT2D eigenvalue weighted by atomic mass is 10.1. The Balaban J connectivity index is 4.19. The zero-order valence-electron chi connectivity index (χ0n) is 35.1. The van der Waals surface area contributed by atoms with E-state index >= 15 is 0 Å². The van der Waals surface area contributed by atoms with E-state index in [-0.39, 0.29) is 19.6 Å². The van der Waals surface area contributed by atoms with Gasteiger partial charge in [0.2, 0.25) is 0 Å². The fourth-order valence-corrected chi connectivity index (χ4v) is 6.62. The standard InChI is InChI=1S/C45H83O9P/c1-3-5-7-9-11-13-15-17-19-20-21-22-24-26-28-30-32-34-36-38-51-41-44(42-53-55(49,50)52-40-43(47)39-46)54-45(48)37-35-33-31-29-27-25-23-18-16-14-12-10-8-6-4-2/h12-15,18-20,23,43-44,46-47H,3-11,16-17,21-22,24-42H2,1-2H3,(H,49,50)/b14-12-,15-13-,20-19-,23-18-. The summed E-state index contributed by atoms with van der Waals surface area (Å²) in [5.74, 6) is -0.399. The molecule has 0 bridgehead atoms. The van der Waals surface area contributed by atoms with Crippen LogP contribution in [-0.2, 0) is 27.9 Å². The average molecular weight is 799 g/mol. The molecule has 3 unspecified atom stereocenters. The van der Waals surface area contributed by atoms with E-state index in [1.165, 1.54) is 89.9 Å². The maximum atomic E-state index is 12.6. The van der Waals surface area contributed by atoms with Crippen molar-refractivity contribution in [2.75, 3.05) is 33.0 Å². The number of carbonyl (C=O) groups is 1. The topological polar surface area (TPSA) is 132 Å². The molecule has 0 fully saturated rings. The zero-order valence-corrected chi connectivity index (χ0v) is 36.0. The van der Waals surface area contributed by atoms with Crippen molar-refractivity contribution in [3.63, 3.8) is 0 Å². The number of hydrogen-bond donors (Lipinski definition) is 3. The summed E-state index contributed by atoms with van der Waals surface area (Å²) in [4.78, 5) is 22.6. The second-order valence-electron chi connectivity index (χ2n) is 14.7. The van der Waals surface area contributed by atoms with E-state index in [1.807, 2.05) is 0 Å². The van der Waals surface area contributed by atoms with Crippen LogP contribution in [0.15, 0.2) is 48.6 Å². The van der Waals surface area contributed by atoms with Crippen molar-refractivity contribution >= 4 is 13.8 Å². The maximum absolute atomic E-state index is 12.6. The largest absolute Gasteiger partial charge is 0.472 e. The quantitative estimate of drug-likeness (QED) is 0.0239. The molecular weight excluding hydrogens is 715 g/mol. The van der Waals surface area contributed by atoms with Crippen LogP contribution >= 0.6 is 7.82 Å². The lowest BCUT2D eigenvalue weighted by Crippen LogP contribution is -2.29. The van der Waals surface area contributed by atoms with Crippen molar-refractivity contribution < 1.29 is 43.0 Å². The Morgan fingerprint density at radius 3 is 1.49 bits per heavy atom. The van der Waals surface area contributed by atoms with Crippen LogP contribution in [0, 0.1) is 0 Å². The number of unbranched alkanes of at least 4 members (excludes halogenated alkanes) is 20. The van der Waals surface area contributed by atoms with Crippen molar-refractivity contribution in [1.82, 2.24) is 0 Å². The highest BCUT2D eigenvalue weighted by Gasteiger charge is 2.26. The number of phosphoric acid groups is 1. The molecule has 0 aromatic rings. The van der Waals surface area contributed by atoms with E-state index in [0.29, 0.717) is 13.0 Å². The Morgan fingerprint density at radius 1 is 0.564 bits per heavy atom. The molecule has 3 atom stereocenters. The lowest BCUT2D eigenvalue weighted by molar-refractivity contribution is -0.154. The van der Waals surface area contributed by atoms with Gasteiger partial charge in [-0.1, -0.05) is 152 Å². The van der Waals surface area contributed by atoms with E-state index in [4.69, 9.17) is 23.6 Å². The number of esters is 1. The summed E-state index contributed by atoms with van der Waals surface area (Å²) >= 11 is 0. The summed E-state index contributed by atoms with van der Waals surface area (Å²) in [5, 5.41) is 18.3. The number of allylic oxidation sites excluding steroid dienone is 8. The minimum absolute atomic E-state index is 0.0386. The molecule has 0 radical (unpaired) electrons. The second-order valence-corrected chi connectivity index (χ2v) is 16.2. The number of carbonyl (C=O) groups excluding carboxylic acids is 1. The van der Waals surface area contributed by atoms with Gasteiger partial charge in [-0.15, -0.1) is 0 Å². The van der Waals surface area contributed by atoms with Crippen LogP contribution in [0.25, 0.3) is 0 Å².